The Morgan fingerprint density at radius 3 is 2.47 bits per heavy atom. The SMILES string of the molecule is Cc1cc(NC(=O)[C@@H]2CCCN2C)ccc1S(=O)(=O)Nc1cccc(C(F)(F)F)c1. The van der Waals surface area contributed by atoms with E-state index in [-0.39, 0.29) is 22.5 Å². The summed E-state index contributed by atoms with van der Waals surface area (Å²) in [4.78, 5) is 14.3. The van der Waals surface area contributed by atoms with Crippen LogP contribution in [-0.4, -0.2) is 38.9 Å². The Morgan fingerprint density at radius 1 is 1.13 bits per heavy atom. The van der Waals surface area contributed by atoms with Crippen molar-refractivity contribution >= 4 is 27.3 Å². The summed E-state index contributed by atoms with van der Waals surface area (Å²) in [5.41, 5.74) is -0.330. The second kappa shape index (κ2) is 8.27. The summed E-state index contributed by atoms with van der Waals surface area (Å²) in [6, 6.07) is 8.05. The third-order valence-corrected chi connectivity index (χ3v) is 6.54. The number of likely N-dealkylation sites (N-methyl/N-ethyl adjacent to an activating group) is 1. The van der Waals surface area contributed by atoms with Gasteiger partial charge in [0.15, 0.2) is 0 Å². The van der Waals surface area contributed by atoms with Gasteiger partial charge in [-0.15, -0.1) is 0 Å². The number of alkyl halides is 3. The Labute approximate surface area is 173 Å². The number of aryl methyl sites for hydroxylation is 1. The predicted octanol–water partition coefficient (Wildman–Crippen LogP) is 3.85. The van der Waals surface area contributed by atoms with Gasteiger partial charge >= 0.3 is 6.18 Å². The average molecular weight is 441 g/mol. The molecular weight excluding hydrogens is 419 g/mol. The summed E-state index contributed by atoms with van der Waals surface area (Å²) < 4.78 is 66.1. The van der Waals surface area contributed by atoms with Gasteiger partial charge in [-0.25, -0.2) is 8.42 Å². The number of carbonyl (C=O) groups excluding carboxylic acids is 1. The maximum Gasteiger partial charge on any atom is 0.416 e. The van der Waals surface area contributed by atoms with Crippen molar-refractivity contribution in [1.29, 1.82) is 0 Å². The van der Waals surface area contributed by atoms with Crippen molar-refractivity contribution < 1.29 is 26.4 Å². The van der Waals surface area contributed by atoms with Gasteiger partial charge in [-0.2, -0.15) is 13.2 Å². The van der Waals surface area contributed by atoms with E-state index in [2.05, 4.69) is 10.0 Å². The number of hydrogen-bond acceptors (Lipinski definition) is 4. The van der Waals surface area contributed by atoms with E-state index in [1.165, 1.54) is 24.3 Å². The number of likely N-dealkylation sites (tertiary alicyclic amines) is 1. The predicted molar refractivity (Wildman–Crippen MR) is 108 cm³/mol. The molecule has 0 radical (unpaired) electrons. The fourth-order valence-electron chi connectivity index (χ4n) is 3.46. The third-order valence-electron chi connectivity index (χ3n) is 5.00. The van der Waals surface area contributed by atoms with Crippen LogP contribution in [0.2, 0.25) is 0 Å². The molecule has 1 heterocycles. The lowest BCUT2D eigenvalue weighted by Gasteiger charge is -2.19. The fourth-order valence-corrected chi connectivity index (χ4v) is 4.74. The van der Waals surface area contributed by atoms with Gasteiger partial charge in [0.2, 0.25) is 5.91 Å². The zero-order valence-corrected chi connectivity index (χ0v) is 17.3. The number of nitrogens with one attached hydrogen (secondary N) is 2. The number of benzene rings is 2. The normalized spacial score (nSPS) is 17.7. The molecule has 3 rings (SSSR count). The van der Waals surface area contributed by atoms with Gasteiger partial charge in [0, 0.05) is 11.4 Å². The van der Waals surface area contributed by atoms with E-state index in [9.17, 15) is 26.4 Å². The summed E-state index contributed by atoms with van der Waals surface area (Å²) in [6.45, 7) is 2.40. The molecule has 0 aromatic heterocycles. The zero-order valence-electron chi connectivity index (χ0n) is 16.5. The molecule has 0 bridgehead atoms. The van der Waals surface area contributed by atoms with Crippen LogP contribution in [0.3, 0.4) is 0 Å². The number of nitrogens with zero attached hydrogens (tertiary/aromatic N) is 1. The van der Waals surface area contributed by atoms with Gasteiger partial charge < -0.3 is 5.32 Å². The Kier molecular flexibility index (Phi) is 6.09. The van der Waals surface area contributed by atoms with Crippen molar-refractivity contribution in [3.05, 3.63) is 53.6 Å². The first-order valence-electron chi connectivity index (χ1n) is 9.29. The Balaban J connectivity index is 1.78. The maximum atomic E-state index is 12.9. The number of rotatable bonds is 5. The quantitative estimate of drug-likeness (QED) is 0.739. The van der Waals surface area contributed by atoms with Gasteiger partial charge in [-0.05, 0) is 75.3 Å². The summed E-state index contributed by atoms with van der Waals surface area (Å²) >= 11 is 0. The van der Waals surface area contributed by atoms with Crippen LogP contribution in [0.25, 0.3) is 0 Å². The molecule has 0 unspecified atom stereocenters. The molecule has 0 aliphatic carbocycles. The molecule has 1 atom stereocenters. The lowest BCUT2D eigenvalue weighted by molar-refractivity contribution is -0.137. The summed E-state index contributed by atoms with van der Waals surface area (Å²) in [7, 11) is -2.24. The highest BCUT2D eigenvalue weighted by molar-refractivity contribution is 7.92. The number of carbonyl (C=O) groups is 1. The summed E-state index contributed by atoms with van der Waals surface area (Å²) in [5, 5.41) is 2.79. The van der Waals surface area contributed by atoms with Crippen LogP contribution < -0.4 is 10.0 Å². The largest absolute Gasteiger partial charge is 0.416 e. The lowest BCUT2D eigenvalue weighted by Crippen LogP contribution is -2.37. The van der Waals surface area contributed by atoms with Crippen LogP contribution in [0, 0.1) is 6.92 Å². The second-order valence-corrected chi connectivity index (χ2v) is 8.94. The van der Waals surface area contributed by atoms with Crippen LogP contribution in [0.15, 0.2) is 47.4 Å². The third kappa shape index (κ3) is 4.93. The molecule has 1 saturated heterocycles. The van der Waals surface area contributed by atoms with E-state index in [4.69, 9.17) is 0 Å². The van der Waals surface area contributed by atoms with E-state index in [1.807, 2.05) is 11.9 Å². The zero-order chi connectivity index (χ0) is 22.1. The molecule has 0 saturated carbocycles. The highest BCUT2D eigenvalue weighted by Gasteiger charge is 2.31. The minimum Gasteiger partial charge on any atom is -0.325 e. The van der Waals surface area contributed by atoms with Crippen molar-refractivity contribution in [1.82, 2.24) is 4.90 Å². The molecule has 162 valence electrons. The first-order valence-corrected chi connectivity index (χ1v) is 10.8. The summed E-state index contributed by atoms with van der Waals surface area (Å²) in [6.07, 6.45) is -2.88. The molecule has 2 N–H and O–H groups in total. The van der Waals surface area contributed by atoms with Gasteiger partial charge in [0.1, 0.15) is 0 Å². The van der Waals surface area contributed by atoms with E-state index in [0.717, 1.165) is 37.6 Å². The highest BCUT2D eigenvalue weighted by atomic mass is 32.2. The summed E-state index contributed by atoms with van der Waals surface area (Å²) in [5.74, 6) is -0.160. The van der Waals surface area contributed by atoms with Crippen LogP contribution in [0.5, 0.6) is 0 Å². The van der Waals surface area contributed by atoms with Crippen molar-refractivity contribution in [3.63, 3.8) is 0 Å². The second-order valence-electron chi connectivity index (χ2n) is 7.29. The first-order chi connectivity index (χ1) is 14.0. The number of anilines is 2. The fraction of sp³-hybridized carbons (Fsp3) is 0.350. The van der Waals surface area contributed by atoms with E-state index in [1.54, 1.807) is 6.92 Å². The number of amides is 1. The van der Waals surface area contributed by atoms with E-state index >= 15 is 0 Å². The number of sulfonamides is 1. The van der Waals surface area contributed by atoms with E-state index < -0.39 is 21.8 Å². The number of hydrogen-bond donors (Lipinski definition) is 2. The molecule has 6 nitrogen and oxygen atoms in total. The first kappa shape index (κ1) is 22.1. The van der Waals surface area contributed by atoms with Crippen molar-refractivity contribution in [2.24, 2.45) is 0 Å². The topological polar surface area (TPSA) is 78.5 Å². The molecule has 1 aliphatic heterocycles. The number of halogens is 3. The molecule has 1 aliphatic rings. The van der Waals surface area contributed by atoms with Crippen molar-refractivity contribution in [2.75, 3.05) is 23.6 Å². The van der Waals surface area contributed by atoms with Crippen molar-refractivity contribution in [2.45, 2.75) is 36.9 Å². The van der Waals surface area contributed by atoms with Crippen LogP contribution in [0.1, 0.15) is 24.0 Å². The average Bonchev–Trinajstić information content (AvgIpc) is 3.07. The van der Waals surface area contributed by atoms with Crippen molar-refractivity contribution in [3.8, 4) is 0 Å². The highest BCUT2D eigenvalue weighted by Crippen LogP contribution is 2.31. The van der Waals surface area contributed by atoms with Gasteiger partial charge in [-0.3, -0.25) is 14.4 Å². The molecule has 1 amide bonds. The van der Waals surface area contributed by atoms with Crippen LogP contribution in [0.4, 0.5) is 24.5 Å². The molecule has 30 heavy (non-hydrogen) atoms. The molecular formula is C20H22F3N3O3S. The van der Waals surface area contributed by atoms with Gasteiger partial charge in [0.25, 0.3) is 10.0 Å². The van der Waals surface area contributed by atoms with Gasteiger partial charge in [-0.1, -0.05) is 6.07 Å². The van der Waals surface area contributed by atoms with Gasteiger partial charge in [0.05, 0.1) is 16.5 Å². The maximum absolute atomic E-state index is 12.9. The van der Waals surface area contributed by atoms with E-state index in [0.29, 0.717) is 11.3 Å². The lowest BCUT2D eigenvalue weighted by atomic mass is 10.2. The molecule has 2 aromatic rings. The molecule has 1 fully saturated rings. The Morgan fingerprint density at radius 2 is 1.87 bits per heavy atom. The molecule has 10 heteroatoms. The van der Waals surface area contributed by atoms with Crippen LogP contribution in [-0.2, 0) is 21.0 Å². The standard InChI is InChI=1S/C20H22F3N3O3S/c1-13-11-15(24-19(27)17-7-4-10-26(17)2)8-9-18(13)30(28,29)25-16-6-3-5-14(12-16)20(21,22)23/h3,5-6,8-9,11-12,17,25H,4,7,10H2,1-2H3,(H,24,27)/t17-/m0/s1. The molecule has 2 aromatic carbocycles. The monoisotopic (exact) mass is 441 g/mol. The van der Waals surface area contributed by atoms with Crippen LogP contribution >= 0.6 is 0 Å². The minimum atomic E-state index is -4.58. The Bertz CT molecular complexity index is 1050. The smallest absolute Gasteiger partial charge is 0.325 e. The Hall–Kier alpha value is -2.59. The molecule has 0 spiro atoms. The minimum absolute atomic E-state index is 0.0871.